The largest absolute Gasteiger partial charge is 0.366 e. The standard InChI is InChI=1S/C15H21BrN2/c1-12-10-17-8-3-2-6-15(17)11-18(12)14-7-4-5-13(16)9-14/h4-5,7,9,12,15H,2-3,6,8,10-11H2,1H3. The van der Waals surface area contributed by atoms with Gasteiger partial charge in [-0.3, -0.25) is 4.90 Å². The second-order valence-electron chi connectivity index (χ2n) is 5.63. The summed E-state index contributed by atoms with van der Waals surface area (Å²) in [5, 5.41) is 0. The van der Waals surface area contributed by atoms with Crippen LogP contribution in [-0.2, 0) is 0 Å². The molecule has 0 aliphatic carbocycles. The molecule has 3 rings (SSSR count). The normalized spacial score (nSPS) is 29.1. The first-order chi connectivity index (χ1) is 8.74. The summed E-state index contributed by atoms with van der Waals surface area (Å²) in [6.07, 6.45) is 4.17. The van der Waals surface area contributed by atoms with Crippen molar-refractivity contribution in [3.05, 3.63) is 28.7 Å². The van der Waals surface area contributed by atoms with E-state index in [9.17, 15) is 0 Å². The summed E-state index contributed by atoms with van der Waals surface area (Å²) in [5.74, 6) is 0. The van der Waals surface area contributed by atoms with Crippen molar-refractivity contribution in [2.75, 3.05) is 24.5 Å². The van der Waals surface area contributed by atoms with E-state index < -0.39 is 0 Å². The topological polar surface area (TPSA) is 6.48 Å². The summed E-state index contributed by atoms with van der Waals surface area (Å²) < 4.78 is 1.18. The van der Waals surface area contributed by atoms with Crippen molar-refractivity contribution in [1.29, 1.82) is 0 Å². The Balaban J connectivity index is 1.80. The number of hydrogen-bond donors (Lipinski definition) is 0. The zero-order valence-corrected chi connectivity index (χ0v) is 12.6. The number of piperidine rings is 1. The molecular weight excluding hydrogens is 288 g/mol. The van der Waals surface area contributed by atoms with E-state index in [1.54, 1.807) is 0 Å². The van der Waals surface area contributed by atoms with Gasteiger partial charge in [-0.25, -0.2) is 0 Å². The van der Waals surface area contributed by atoms with Gasteiger partial charge in [-0.05, 0) is 44.5 Å². The lowest BCUT2D eigenvalue weighted by Gasteiger charge is -2.48. The third kappa shape index (κ3) is 2.43. The molecule has 2 atom stereocenters. The zero-order valence-electron chi connectivity index (χ0n) is 11.0. The monoisotopic (exact) mass is 308 g/mol. The molecule has 98 valence electrons. The highest BCUT2D eigenvalue weighted by atomic mass is 79.9. The van der Waals surface area contributed by atoms with Gasteiger partial charge >= 0.3 is 0 Å². The van der Waals surface area contributed by atoms with Crippen LogP contribution in [0.5, 0.6) is 0 Å². The molecular formula is C15H21BrN2. The molecule has 2 fully saturated rings. The number of fused-ring (bicyclic) bond motifs is 1. The fourth-order valence-corrected chi connectivity index (χ4v) is 3.75. The average molecular weight is 309 g/mol. The maximum Gasteiger partial charge on any atom is 0.0389 e. The summed E-state index contributed by atoms with van der Waals surface area (Å²) in [4.78, 5) is 5.28. The molecule has 2 aliphatic rings. The molecule has 0 saturated carbocycles. The smallest absolute Gasteiger partial charge is 0.0389 e. The van der Waals surface area contributed by atoms with Gasteiger partial charge < -0.3 is 4.90 Å². The van der Waals surface area contributed by atoms with Gasteiger partial charge in [0.15, 0.2) is 0 Å². The molecule has 1 aromatic rings. The molecule has 0 aromatic heterocycles. The predicted molar refractivity (Wildman–Crippen MR) is 80.2 cm³/mol. The Morgan fingerprint density at radius 1 is 1.22 bits per heavy atom. The second-order valence-corrected chi connectivity index (χ2v) is 6.54. The summed E-state index contributed by atoms with van der Waals surface area (Å²) in [6.45, 7) is 6.07. The first kappa shape index (κ1) is 12.5. The van der Waals surface area contributed by atoms with Crippen molar-refractivity contribution in [2.24, 2.45) is 0 Å². The van der Waals surface area contributed by atoms with Crippen molar-refractivity contribution < 1.29 is 0 Å². The minimum absolute atomic E-state index is 0.619. The van der Waals surface area contributed by atoms with Crippen LogP contribution in [0.4, 0.5) is 5.69 Å². The molecule has 18 heavy (non-hydrogen) atoms. The summed E-state index contributed by atoms with van der Waals surface area (Å²) in [7, 11) is 0. The molecule has 2 heterocycles. The van der Waals surface area contributed by atoms with E-state index in [0.29, 0.717) is 6.04 Å². The first-order valence-electron chi connectivity index (χ1n) is 7.00. The van der Waals surface area contributed by atoms with Crippen LogP contribution >= 0.6 is 15.9 Å². The van der Waals surface area contributed by atoms with Gasteiger partial charge in [0.2, 0.25) is 0 Å². The molecule has 0 radical (unpaired) electrons. The van der Waals surface area contributed by atoms with Crippen LogP contribution in [0.3, 0.4) is 0 Å². The number of nitrogens with zero attached hydrogens (tertiary/aromatic N) is 2. The Kier molecular flexibility index (Phi) is 3.62. The van der Waals surface area contributed by atoms with Gasteiger partial charge in [0.25, 0.3) is 0 Å². The van der Waals surface area contributed by atoms with E-state index in [2.05, 4.69) is 56.9 Å². The Labute approximate surface area is 118 Å². The lowest BCUT2D eigenvalue weighted by molar-refractivity contribution is 0.115. The highest BCUT2D eigenvalue weighted by molar-refractivity contribution is 9.10. The Morgan fingerprint density at radius 2 is 2.11 bits per heavy atom. The molecule has 0 amide bonds. The Bertz CT molecular complexity index is 421. The summed E-state index contributed by atoms with van der Waals surface area (Å²) in [6, 6.07) is 10.1. The molecule has 3 heteroatoms. The number of piperazine rings is 1. The van der Waals surface area contributed by atoms with E-state index in [4.69, 9.17) is 0 Å². The SMILES string of the molecule is CC1CN2CCCCC2CN1c1cccc(Br)c1. The summed E-state index contributed by atoms with van der Waals surface area (Å²) >= 11 is 3.58. The van der Waals surface area contributed by atoms with Gasteiger partial charge in [-0.2, -0.15) is 0 Å². The molecule has 2 saturated heterocycles. The van der Waals surface area contributed by atoms with E-state index in [1.807, 2.05) is 0 Å². The lowest BCUT2D eigenvalue weighted by Crippen LogP contribution is -2.58. The van der Waals surface area contributed by atoms with Crippen LogP contribution in [0.25, 0.3) is 0 Å². The lowest BCUT2D eigenvalue weighted by atomic mass is 9.97. The third-order valence-corrected chi connectivity index (χ3v) is 4.82. The number of rotatable bonds is 1. The minimum Gasteiger partial charge on any atom is -0.366 e. The molecule has 0 spiro atoms. The quantitative estimate of drug-likeness (QED) is 0.783. The van der Waals surface area contributed by atoms with E-state index in [0.717, 1.165) is 6.04 Å². The molecule has 2 unspecified atom stereocenters. The number of anilines is 1. The van der Waals surface area contributed by atoms with Crippen molar-refractivity contribution in [2.45, 2.75) is 38.3 Å². The van der Waals surface area contributed by atoms with Gasteiger partial charge in [-0.1, -0.05) is 28.4 Å². The van der Waals surface area contributed by atoms with Crippen molar-refractivity contribution in [3.8, 4) is 0 Å². The maximum atomic E-state index is 3.58. The highest BCUT2D eigenvalue weighted by Gasteiger charge is 2.32. The molecule has 2 nitrogen and oxygen atoms in total. The van der Waals surface area contributed by atoms with Crippen LogP contribution in [0.2, 0.25) is 0 Å². The van der Waals surface area contributed by atoms with Crippen molar-refractivity contribution in [3.63, 3.8) is 0 Å². The van der Waals surface area contributed by atoms with Crippen LogP contribution in [-0.4, -0.2) is 36.6 Å². The molecule has 0 bridgehead atoms. The molecule has 1 aromatic carbocycles. The third-order valence-electron chi connectivity index (χ3n) is 4.33. The Hall–Kier alpha value is -0.540. The predicted octanol–water partition coefficient (Wildman–Crippen LogP) is 3.51. The molecule has 0 N–H and O–H groups in total. The van der Waals surface area contributed by atoms with Gasteiger partial charge in [-0.15, -0.1) is 0 Å². The summed E-state index contributed by atoms with van der Waals surface area (Å²) in [5.41, 5.74) is 1.36. The fraction of sp³-hybridized carbons (Fsp3) is 0.600. The highest BCUT2D eigenvalue weighted by Crippen LogP contribution is 2.29. The number of benzene rings is 1. The van der Waals surface area contributed by atoms with Crippen LogP contribution in [0.1, 0.15) is 26.2 Å². The van der Waals surface area contributed by atoms with Gasteiger partial charge in [0.05, 0.1) is 0 Å². The van der Waals surface area contributed by atoms with E-state index in [-0.39, 0.29) is 0 Å². The first-order valence-corrected chi connectivity index (χ1v) is 7.79. The van der Waals surface area contributed by atoms with Crippen LogP contribution in [0.15, 0.2) is 28.7 Å². The van der Waals surface area contributed by atoms with E-state index >= 15 is 0 Å². The van der Waals surface area contributed by atoms with E-state index in [1.165, 1.54) is 49.1 Å². The second kappa shape index (κ2) is 5.22. The van der Waals surface area contributed by atoms with Crippen LogP contribution in [0, 0.1) is 0 Å². The Morgan fingerprint density at radius 3 is 2.94 bits per heavy atom. The number of hydrogen-bond acceptors (Lipinski definition) is 2. The van der Waals surface area contributed by atoms with Crippen molar-refractivity contribution in [1.82, 2.24) is 4.90 Å². The fourth-order valence-electron chi connectivity index (χ4n) is 3.37. The molecule has 2 aliphatic heterocycles. The zero-order chi connectivity index (χ0) is 12.5. The van der Waals surface area contributed by atoms with Gasteiger partial charge in [0, 0.05) is 35.3 Å². The number of halogens is 1. The van der Waals surface area contributed by atoms with Crippen molar-refractivity contribution >= 4 is 21.6 Å². The minimum atomic E-state index is 0.619. The van der Waals surface area contributed by atoms with Crippen LogP contribution < -0.4 is 4.90 Å². The van der Waals surface area contributed by atoms with Gasteiger partial charge in [0.1, 0.15) is 0 Å². The average Bonchev–Trinajstić information content (AvgIpc) is 2.38. The maximum absolute atomic E-state index is 3.58.